The summed E-state index contributed by atoms with van der Waals surface area (Å²) in [7, 11) is 1.65. The largest absolute Gasteiger partial charge is 0.463 e. The SMILES string of the molecule is CCOC(=O)/C(C)=C/CN(C)C(=O)CNC(=O)C1CCCCN1C(C)CC. The van der Waals surface area contributed by atoms with Gasteiger partial charge < -0.3 is 15.0 Å². The van der Waals surface area contributed by atoms with Gasteiger partial charge in [-0.2, -0.15) is 0 Å². The molecule has 0 aromatic carbocycles. The normalized spacial score (nSPS) is 19.3. The molecule has 2 amide bonds. The lowest BCUT2D eigenvalue weighted by Gasteiger charge is -2.38. The third kappa shape index (κ3) is 7.33. The molecule has 0 saturated carbocycles. The zero-order valence-corrected chi connectivity index (χ0v) is 17.4. The maximum absolute atomic E-state index is 12.6. The number of nitrogens with one attached hydrogen (secondary N) is 1. The summed E-state index contributed by atoms with van der Waals surface area (Å²) in [4.78, 5) is 40.2. The van der Waals surface area contributed by atoms with E-state index in [-0.39, 0.29) is 30.4 Å². The minimum atomic E-state index is -0.380. The van der Waals surface area contributed by atoms with Crippen LogP contribution >= 0.6 is 0 Å². The number of likely N-dealkylation sites (tertiary alicyclic amines) is 1. The van der Waals surface area contributed by atoms with Crippen molar-refractivity contribution in [2.24, 2.45) is 0 Å². The van der Waals surface area contributed by atoms with E-state index in [0.29, 0.717) is 24.8 Å². The maximum atomic E-state index is 12.6. The molecule has 0 spiro atoms. The number of piperidine rings is 1. The van der Waals surface area contributed by atoms with Gasteiger partial charge in [0.25, 0.3) is 0 Å². The van der Waals surface area contributed by atoms with Gasteiger partial charge in [0, 0.05) is 25.2 Å². The Bertz CT molecular complexity index is 547. The summed E-state index contributed by atoms with van der Waals surface area (Å²) in [6.45, 7) is 9.18. The van der Waals surface area contributed by atoms with Gasteiger partial charge in [0.1, 0.15) is 0 Å². The first kappa shape index (κ1) is 23.1. The summed E-state index contributed by atoms with van der Waals surface area (Å²) in [5.74, 6) is -0.647. The average molecular weight is 382 g/mol. The van der Waals surface area contributed by atoms with E-state index in [9.17, 15) is 14.4 Å². The van der Waals surface area contributed by atoms with Gasteiger partial charge in [-0.25, -0.2) is 4.79 Å². The fourth-order valence-corrected chi connectivity index (χ4v) is 3.12. The molecule has 0 radical (unpaired) electrons. The van der Waals surface area contributed by atoms with E-state index in [1.54, 1.807) is 27.0 Å². The van der Waals surface area contributed by atoms with Crippen LogP contribution in [0.4, 0.5) is 0 Å². The average Bonchev–Trinajstić information content (AvgIpc) is 2.68. The number of nitrogens with zero attached hydrogens (tertiary/aromatic N) is 2. The summed E-state index contributed by atoms with van der Waals surface area (Å²) < 4.78 is 4.91. The lowest BCUT2D eigenvalue weighted by atomic mass is 9.98. The lowest BCUT2D eigenvalue weighted by molar-refractivity contribution is -0.138. The number of carbonyl (C=O) groups excluding carboxylic acids is 3. The first-order valence-corrected chi connectivity index (χ1v) is 9.93. The van der Waals surface area contributed by atoms with E-state index in [1.807, 2.05) is 0 Å². The van der Waals surface area contributed by atoms with Crippen molar-refractivity contribution in [3.8, 4) is 0 Å². The Kier molecular flexibility index (Phi) is 10.1. The molecule has 1 heterocycles. The minimum Gasteiger partial charge on any atom is -0.463 e. The monoisotopic (exact) mass is 381 g/mol. The summed E-state index contributed by atoms with van der Waals surface area (Å²) in [6, 6.07) is 0.202. The smallest absolute Gasteiger partial charge is 0.333 e. The molecule has 0 aromatic heterocycles. The van der Waals surface area contributed by atoms with Crippen molar-refractivity contribution in [2.75, 3.05) is 33.3 Å². The Hall–Kier alpha value is -1.89. The standard InChI is InChI=1S/C20H35N3O4/c1-6-16(4)23-12-9-8-10-17(23)19(25)21-14-18(24)22(5)13-11-15(3)20(26)27-7-2/h11,16-17H,6-10,12-14H2,1-5H3,(H,21,25)/b15-11+. The van der Waals surface area contributed by atoms with Crippen molar-refractivity contribution in [3.05, 3.63) is 11.6 Å². The van der Waals surface area contributed by atoms with Gasteiger partial charge in [0.15, 0.2) is 0 Å². The van der Waals surface area contributed by atoms with Gasteiger partial charge in [-0.05, 0) is 46.6 Å². The molecule has 1 fully saturated rings. The third-order valence-corrected chi connectivity index (χ3v) is 5.11. The highest BCUT2D eigenvalue weighted by Gasteiger charge is 2.31. The van der Waals surface area contributed by atoms with Crippen LogP contribution in [0, 0.1) is 0 Å². The molecule has 1 N–H and O–H groups in total. The molecule has 1 aliphatic rings. The Morgan fingerprint density at radius 3 is 2.63 bits per heavy atom. The second kappa shape index (κ2) is 11.7. The number of carbonyl (C=O) groups is 3. The molecule has 0 aromatic rings. The van der Waals surface area contributed by atoms with Crippen LogP contribution in [0.5, 0.6) is 0 Å². The van der Waals surface area contributed by atoms with Crippen molar-refractivity contribution >= 4 is 17.8 Å². The van der Waals surface area contributed by atoms with Crippen LogP contribution in [0.15, 0.2) is 11.6 Å². The Morgan fingerprint density at radius 1 is 1.30 bits per heavy atom. The first-order valence-electron chi connectivity index (χ1n) is 9.93. The van der Waals surface area contributed by atoms with E-state index < -0.39 is 0 Å². The zero-order valence-electron chi connectivity index (χ0n) is 17.4. The molecule has 2 unspecified atom stereocenters. The summed E-state index contributed by atoms with van der Waals surface area (Å²) in [5.41, 5.74) is 0.465. The summed E-state index contributed by atoms with van der Waals surface area (Å²) in [5, 5.41) is 2.79. The van der Waals surface area contributed by atoms with Gasteiger partial charge in [-0.15, -0.1) is 0 Å². The number of likely N-dealkylation sites (N-methyl/N-ethyl adjacent to an activating group) is 1. The highest BCUT2D eigenvalue weighted by molar-refractivity contribution is 5.89. The topological polar surface area (TPSA) is 79.0 Å². The molecule has 1 aliphatic heterocycles. The van der Waals surface area contributed by atoms with E-state index in [2.05, 4.69) is 24.1 Å². The Labute approximate surface area is 163 Å². The molecule has 1 saturated heterocycles. The number of rotatable bonds is 9. The molecule has 154 valence electrons. The van der Waals surface area contributed by atoms with E-state index >= 15 is 0 Å². The van der Waals surface area contributed by atoms with Crippen molar-refractivity contribution < 1.29 is 19.1 Å². The Balaban J connectivity index is 2.51. The van der Waals surface area contributed by atoms with E-state index in [4.69, 9.17) is 4.74 Å². The van der Waals surface area contributed by atoms with Crippen LogP contribution in [-0.4, -0.2) is 73.0 Å². The number of hydrogen-bond acceptors (Lipinski definition) is 5. The van der Waals surface area contributed by atoms with Crippen LogP contribution < -0.4 is 5.32 Å². The zero-order chi connectivity index (χ0) is 20.4. The lowest BCUT2D eigenvalue weighted by Crippen LogP contribution is -2.53. The molecule has 7 nitrogen and oxygen atoms in total. The third-order valence-electron chi connectivity index (χ3n) is 5.11. The fourth-order valence-electron chi connectivity index (χ4n) is 3.12. The van der Waals surface area contributed by atoms with Crippen LogP contribution in [-0.2, 0) is 19.1 Å². The van der Waals surface area contributed by atoms with Crippen molar-refractivity contribution in [1.29, 1.82) is 0 Å². The molecule has 2 atom stereocenters. The van der Waals surface area contributed by atoms with Crippen LogP contribution in [0.2, 0.25) is 0 Å². The van der Waals surface area contributed by atoms with E-state index in [0.717, 1.165) is 32.2 Å². The van der Waals surface area contributed by atoms with Gasteiger partial charge in [0.2, 0.25) is 11.8 Å². The van der Waals surface area contributed by atoms with Crippen LogP contribution in [0.1, 0.15) is 53.4 Å². The second-order valence-electron chi connectivity index (χ2n) is 7.11. The highest BCUT2D eigenvalue weighted by Crippen LogP contribution is 2.21. The van der Waals surface area contributed by atoms with Crippen molar-refractivity contribution in [1.82, 2.24) is 15.1 Å². The summed E-state index contributed by atoms with van der Waals surface area (Å²) >= 11 is 0. The predicted molar refractivity (Wildman–Crippen MR) is 105 cm³/mol. The number of hydrogen-bond donors (Lipinski definition) is 1. The fraction of sp³-hybridized carbons (Fsp3) is 0.750. The van der Waals surface area contributed by atoms with Crippen molar-refractivity contribution in [3.63, 3.8) is 0 Å². The highest BCUT2D eigenvalue weighted by atomic mass is 16.5. The van der Waals surface area contributed by atoms with Gasteiger partial charge in [-0.3, -0.25) is 14.5 Å². The van der Waals surface area contributed by atoms with Crippen LogP contribution in [0.3, 0.4) is 0 Å². The molecule has 1 rings (SSSR count). The van der Waals surface area contributed by atoms with E-state index in [1.165, 1.54) is 4.90 Å². The molecule has 7 heteroatoms. The second-order valence-corrected chi connectivity index (χ2v) is 7.11. The maximum Gasteiger partial charge on any atom is 0.333 e. The van der Waals surface area contributed by atoms with Gasteiger partial charge in [-0.1, -0.05) is 19.4 Å². The molecular weight excluding hydrogens is 346 g/mol. The Morgan fingerprint density at radius 2 is 2.00 bits per heavy atom. The van der Waals surface area contributed by atoms with Crippen molar-refractivity contribution in [2.45, 2.75) is 65.5 Å². The first-order chi connectivity index (χ1) is 12.8. The molecule has 0 bridgehead atoms. The predicted octanol–water partition coefficient (Wildman–Crippen LogP) is 1.72. The van der Waals surface area contributed by atoms with Gasteiger partial charge in [0.05, 0.1) is 19.2 Å². The quantitative estimate of drug-likeness (QED) is 0.486. The number of amides is 2. The number of ether oxygens (including phenoxy) is 1. The molecular formula is C20H35N3O4. The minimum absolute atomic E-state index is 0.0352. The molecule has 0 aliphatic carbocycles. The molecule has 27 heavy (non-hydrogen) atoms. The van der Waals surface area contributed by atoms with Gasteiger partial charge >= 0.3 is 5.97 Å². The summed E-state index contributed by atoms with van der Waals surface area (Å²) in [6.07, 6.45) is 5.64. The van der Waals surface area contributed by atoms with Crippen LogP contribution in [0.25, 0.3) is 0 Å². The number of esters is 1.